The van der Waals surface area contributed by atoms with Gasteiger partial charge < -0.3 is 5.73 Å². The van der Waals surface area contributed by atoms with Crippen LogP contribution in [0.2, 0.25) is 0 Å². The summed E-state index contributed by atoms with van der Waals surface area (Å²) in [4.78, 5) is 10.7. The zero-order valence-corrected chi connectivity index (χ0v) is 6.60. The van der Waals surface area contributed by atoms with Crippen LogP contribution in [-0.2, 0) is 4.79 Å². The molecule has 0 spiro atoms. The van der Waals surface area contributed by atoms with Gasteiger partial charge in [0.25, 0.3) is 0 Å². The third kappa shape index (κ3) is 1.01. The van der Waals surface area contributed by atoms with E-state index in [0.717, 1.165) is 0 Å². The Kier molecular flexibility index (Phi) is 1.39. The molecule has 0 fully saturated rings. The van der Waals surface area contributed by atoms with Gasteiger partial charge in [0.15, 0.2) is 0 Å². The van der Waals surface area contributed by atoms with E-state index in [1.165, 1.54) is 5.57 Å². The lowest BCUT2D eigenvalue weighted by Crippen LogP contribution is -2.11. The fourth-order valence-corrected chi connectivity index (χ4v) is 2.12. The summed E-state index contributed by atoms with van der Waals surface area (Å²) >= 11 is 1.70. The second-order valence-corrected chi connectivity index (χ2v) is 3.54. The fraction of sp³-hybridized carbons (Fsp3) is 0.125. The molecule has 2 N–H and O–H groups in total. The van der Waals surface area contributed by atoms with Crippen molar-refractivity contribution in [3.05, 3.63) is 34.8 Å². The lowest BCUT2D eigenvalue weighted by atomic mass is 10.2. The van der Waals surface area contributed by atoms with Gasteiger partial charge in [-0.3, -0.25) is 4.79 Å². The predicted molar refractivity (Wildman–Crippen MR) is 45.9 cm³/mol. The van der Waals surface area contributed by atoms with Gasteiger partial charge in [-0.1, -0.05) is 12.2 Å². The number of primary amides is 1. The molecule has 0 aromatic carbocycles. The normalized spacial score (nSPS) is 26.4. The molecule has 0 aromatic rings. The Morgan fingerprint density at radius 2 is 2.45 bits per heavy atom. The van der Waals surface area contributed by atoms with Gasteiger partial charge in [0.05, 0.1) is 5.25 Å². The van der Waals surface area contributed by atoms with Crippen molar-refractivity contribution in [1.82, 2.24) is 0 Å². The Labute approximate surface area is 68.8 Å². The first-order valence-corrected chi connectivity index (χ1v) is 4.27. The van der Waals surface area contributed by atoms with E-state index in [0.29, 0.717) is 10.8 Å². The standard InChI is InChI=1S/C8H7NOS/c9-8(10)6-3-5-1-2-11-7(5)4-6/h1-4,7H,(H2,9,10). The van der Waals surface area contributed by atoms with E-state index in [2.05, 4.69) is 0 Å². The summed E-state index contributed by atoms with van der Waals surface area (Å²) in [6.45, 7) is 0. The summed E-state index contributed by atoms with van der Waals surface area (Å²) in [6.07, 6.45) is 5.77. The van der Waals surface area contributed by atoms with Crippen molar-refractivity contribution in [2.45, 2.75) is 5.25 Å². The summed E-state index contributed by atoms with van der Waals surface area (Å²) in [5.74, 6) is -0.332. The van der Waals surface area contributed by atoms with Gasteiger partial charge in [-0.2, -0.15) is 0 Å². The van der Waals surface area contributed by atoms with E-state index in [1.54, 1.807) is 11.8 Å². The topological polar surface area (TPSA) is 43.1 Å². The number of allylic oxidation sites excluding steroid dienone is 1. The number of hydrogen-bond donors (Lipinski definition) is 1. The molecule has 1 unspecified atom stereocenters. The second kappa shape index (κ2) is 2.27. The maximum Gasteiger partial charge on any atom is 0.248 e. The molecule has 1 aliphatic heterocycles. The summed E-state index contributed by atoms with van der Waals surface area (Å²) in [6, 6.07) is 0. The Balaban J connectivity index is 2.31. The average molecular weight is 165 g/mol. The highest BCUT2D eigenvalue weighted by Crippen LogP contribution is 2.35. The number of amides is 1. The van der Waals surface area contributed by atoms with Gasteiger partial charge in [-0.15, -0.1) is 11.8 Å². The number of hydrogen-bond acceptors (Lipinski definition) is 2. The summed E-state index contributed by atoms with van der Waals surface area (Å²) < 4.78 is 0. The van der Waals surface area contributed by atoms with Crippen molar-refractivity contribution < 1.29 is 4.79 Å². The highest BCUT2D eigenvalue weighted by atomic mass is 32.2. The van der Waals surface area contributed by atoms with Crippen LogP contribution >= 0.6 is 11.8 Å². The van der Waals surface area contributed by atoms with Crippen molar-refractivity contribution in [3.8, 4) is 0 Å². The predicted octanol–water partition coefficient (Wildman–Crippen LogP) is 0.967. The van der Waals surface area contributed by atoms with Crippen molar-refractivity contribution in [2.75, 3.05) is 0 Å². The van der Waals surface area contributed by atoms with Crippen LogP contribution in [0.25, 0.3) is 0 Å². The maximum atomic E-state index is 10.7. The molecule has 0 bridgehead atoms. The molecule has 56 valence electrons. The summed E-state index contributed by atoms with van der Waals surface area (Å²) in [5, 5.41) is 2.38. The Hall–Kier alpha value is -0.960. The number of nitrogens with two attached hydrogens (primary N) is 1. The number of fused-ring (bicyclic) bond motifs is 1. The Morgan fingerprint density at radius 3 is 3.09 bits per heavy atom. The molecule has 2 nitrogen and oxygen atoms in total. The highest BCUT2D eigenvalue weighted by Gasteiger charge is 2.22. The molecule has 0 aromatic heterocycles. The first-order chi connectivity index (χ1) is 5.27. The second-order valence-electron chi connectivity index (χ2n) is 2.49. The Bertz CT molecular complexity index is 301. The smallest absolute Gasteiger partial charge is 0.248 e. The fourth-order valence-electron chi connectivity index (χ4n) is 1.19. The van der Waals surface area contributed by atoms with Crippen LogP contribution in [0.5, 0.6) is 0 Å². The van der Waals surface area contributed by atoms with Gasteiger partial charge in [-0.25, -0.2) is 0 Å². The van der Waals surface area contributed by atoms with E-state index in [1.807, 2.05) is 23.6 Å². The van der Waals surface area contributed by atoms with Crippen LogP contribution in [-0.4, -0.2) is 11.2 Å². The van der Waals surface area contributed by atoms with E-state index in [4.69, 9.17) is 5.73 Å². The minimum Gasteiger partial charge on any atom is -0.366 e. The van der Waals surface area contributed by atoms with Crippen LogP contribution in [0.1, 0.15) is 0 Å². The van der Waals surface area contributed by atoms with Gasteiger partial charge in [-0.05, 0) is 17.1 Å². The van der Waals surface area contributed by atoms with Crippen molar-refractivity contribution >= 4 is 17.7 Å². The number of thioether (sulfide) groups is 1. The van der Waals surface area contributed by atoms with Crippen LogP contribution in [0, 0.1) is 0 Å². The van der Waals surface area contributed by atoms with E-state index in [-0.39, 0.29) is 5.91 Å². The number of carbonyl (C=O) groups is 1. The van der Waals surface area contributed by atoms with Gasteiger partial charge in [0, 0.05) is 5.57 Å². The summed E-state index contributed by atoms with van der Waals surface area (Å²) in [7, 11) is 0. The third-order valence-electron chi connectivity index (χ3n) is 1.75. The quantitative estimate of drug-likeness (QED) is 0.629. The SMILES string of the molecule is NC(=O)C1=CC2SC=CC2=C1. The molecule has 3 heteroatoms. The maximum absolute atomic E-state index is 10.7. The molecule has 1 aliphatic carbocycles. The van der Waals surface area contributed by atoms with Crippen molar-refractivity contribution in [2.24, 2.45) is 5.73 Å². The molecule has 0 radical (unpaired) electrons. The van der Waals surface area contributed by atoms with Gasteiger partial charge in [0.2, 0.25) is 5.91 Å². The number of rotatable bonds is 1. The molecule has 2 aliphatic rings. The molecular weight excluding hydrogens is 158 g/mol. The average Bonchev–Trinajstić information content (AvgIpc) is 2.40. The highest BCUT2D eigenvalue weighted by molar-refractivity contribution is 8.03. The minimum atomic E-state index is -0.332. The third-order valence-corrected chi connectivity index (χ3v) is 2.75. The van der Waals surface area contributed by atoms with E-state index >= 15 is 0 Å². The minimum absolute atomic E-state index is 0.332. The lowest BCUT2D eigenvalue weighted by molar-refractivity contribution is -0.114. The lowest BCUT2D eigenvalue weighted by Gasteiger charge is -1.96. The molecule has 1 atom stereocenters. The van der Waals surface area contributed by atoms with Crippen LogP contribution in [0.15, 0.2) is 34.8 Å². The first kappa shape index (κ1) is 6.73. The molecule has 1 heterocycles. The largest absolute Gasteiger partial charge is 0.366 e. The van der Waals surface area contributed by atoms with Crippen LogP contribution in [0.4, 0.5) is 0 Å². The molecule has 2 rings (SSSR count). The van der Waals surface area contributed by atoms with Crippen molar-refractivity contribution in [1.29, 1.82) is 0 Å². The van der Waals surface area contributed by atoms with Gasteiger partial charge in [0.1, 0.15) is 0 Å². The van der Waals surface area contributed by atoms with E-state index in [9.17, 15) is 4.79 Å². The molecule has 0 saturated carbocycles. The molecule has 1 amide bonds. The summed E-state index contributed by atoms with van der Waals surface area (Å²) in [5.41, 5.74) is 6.94. The number of carbonyl (C=O) groups excluding carboxylic acids is 1. The zero-order chi connectivity index (χ0) is 7.84. The molecular formula is C8H7NOS. The molecule has 11 heavy (non-hydrogen) atoms. The zero-order valence-electron chi connectivity index (χ0n) is 5.78. The Morgan fingerprint density at radius 1 is 1.64 bits per heavy atom. The monoisotopic (exact) mass is 165 g/mol. The van der Waals surface area contributed by atoms with Crippen LogP contribution in [0.3, 0.4) is 0 Å². The van der Waals surface area contributed by atoms with E-state index < -0.39 is 0 Å². The van der Waals surface area contributed by atoms with Crippen molar-refractivity contribution in [3.63, 3.8) is 0 Å². The van der Waals surface area contributed by atoms with Crippen LogP contribution < -0.4 is 5.73 Å². The van der Waals surface area contributed by atoms with Gasteiger partial charge >= 0.3 is 0 Å². The molecule has 0 saturated heterocycles. The first-order valence-electron chi connectivity index (χ1n) is 3.32.